The Morgan fingerprint density at radius 2 is 2.33 bits per heavy atom. The van der Waals surface area contributed by atoms with Crippen LogP contribution in [0.5, 0.6) is 0 Å². The minimum absolute atomic E-state index is 0.291. The highest BCUT2D eigenvalue weighted by atomic mass is 19.1. The number of nitrogens with one attached hydrogen (secondary N) is 1. The van der Waals surface area contributed by atoms with E-state index < -0.39 is 0 Å². The summed E-state index contributed by atoms with van der Waals surface area (Å²) in [5.41, 5.74) is 0.707. The molecular weight excluding hydrogens is 191 g/mol. The first-order valence-corrected chi connectivity index (χ1v) is 5.18. The smallest absolute Gasteiger partial charge is 0.123 e. The molecule has 1 atom stereocenters. The predicted molar refractivity (Wildman–Crippen MR) is 55.5 cm³/mol. The first-order chi connectivity index (χ1) is 7.29. The van der Waals surface area contributed by atoms with E-state index in [-0.39, 0.29) is 11.9 Å². The van der Waals surface area contributed by atoms with E-state index in [0.717, 1.165) is 12.5 Å². The normalized spacial score (nSPS) is 17.1. The van der Waals surface area contributed by atoms with E-state index in [1.165, 1.54) is 25.0 Å². The monoisotopic (exact) mass is 204 g/mol. The van der Waals surface area contributed by atoms with Crippen molar-refractivity contribution in [1.82, 2.24) is 5.32 Å². The van der Waals surface area contributed by atoms with Gasteiger partial charge >= 0.3 is 0 Å². The van der Waals surface area contributed by atoms with Crippen LogP contribution >= 0.6 is 0 Å². The minimum atomic E-state index is -0.388. The molecule has 2 nitrogen and oxygen atoms in total. The summed E-state index contributed by atoms with van der Waals surface area (Å²) in [6, 6.07) is 7.97. The maximum atomic E-state index is 12.9. The maximum Gasteiger partial charge on any atom is 0.123 e. The van der Waals surface area contributed by atoms with Crippen LogP contribution in [0, 0.1) is 23.1 Å². The topological polar surface area (TPSA) is 35.8 Å². The molecule has 0 saturated heterocycles. The molecule has 15 heavy (non-hydrogen) atoms. The molecule has 1 aromatic rings. The molecule has 1 N–H and O–H groups in total. The first kappa shape index (κ1) is 10.1. The van der Waals surface area contributed by atoms with Crippen LogP contribution in [0.15, 0.2) is 24.3 Å². The number of rotatable bonds is 4. The van der Waals surface area contributed by atoms with Gasteiger partial charge in [0.1, 0.15) is 11.9 Å². The van der Waals surface area contributed by atoms with Crippen LogP contribution in [0.4, 0.5) is 4.39 Å². The van der Waals surface area contributed by atoms with Crippen molar-refractivity contribution in [1.29, 1.82) is 5.26 Å². The van der Waals surface area contributed by atoms with E-state index in [0.29, 0.717) is 5.56 Å². The Hall–Kier alpha value is -1.40. The number of hydrogen-bond donors (Lipinski definition) is 1. The average molecular weight is 204 g/mol. The van der Waals surface area contributed by atoms with Crippen LogP contribution in [0.1, 0.15) is 24.4 Å². The standard InChI is InChI=1S/C12H13FN2/c13-11-3-1-2-10(6-11)12(7-14)15-8-9-4-5-9/h1-3,6,9,12,15H,4-5,8H2. The number of halogens is 1. The molecule has 0 spiro atoms. The molecule has 1 aromatic carbocycles. The zero-order valence-electron chi connectivity index (χ0n) is 8.41. The Bertz CT molecular complexity index is 379. The van der Waals surface area contributed by atoms with Crippen molar-refractivity contribution in [3.63, 3.8) is 0 Å². The molecular formula is C12H13FN2. The quantitative estimate of drug-likeness (QED) is 0.817. The molecule has 1 fully saturated rings. The summed E-state index contributed by atoms with van der Waals surface area (Å²) in [5, 5.41) is 12.1. The lowest BCUT2D eigenvalue weighted by molar-refractivity contribution is 0.583. The second kappa shape index (κ2) is 4.41. The molecule has 0 heterocycles. The first-order valence-electron chi connectivity index (χ1n) is 5.18. The zero-order chi connectivity index (χ0) is 10.7. The second-order valence-corrected chi connectivity index (χ2v) is 3.97. The number of nitrogens with zero attached hydrogens (tertiary/aromatic N) is 1. The van der Waals surface area contributed by atoms with Gasteiger partial charge in [-0.25, -0.2) is 4.39 Å². The lowest BCUT2D eigenvalue weighted by atomic mass is 10.1. The van der Waals surface area contributed by atoms with E-state index in [1.807, 2.05) is 0 Å². The summed E-state index contributed by atoms with van der Waals surface area (Å²) in [7, 11) is 0. The van der Waals surface area contributed by atoms with Gasteiger partial charge in [-0.05, 0) is 43.0 Å². The zero-order valence-corrected chi connectivity index (χ0v) is 8.41. The lowest BCUT2D eigenvalue weighted by Crippen LogP contribution is -2.22. The molecule has 0 bridgehead atoms. The Morgan fingerprint density at radius 1 is 1.53 bits per heavy atom. The number of nitriles is 1. The fraction of sp³-hybridized carbons (Fsp3) is 0.417. The van der Waals surface area contributed by atoms with Gasteiger partial charge in [-0.1, -0.05) is 12.1 Å². The van der Waals surface area contributed by atoms with Crippen molar-refractivity contribution in [3.8, 4) is 6.07 Å². The van der Waals surface area contributed by atoms with Gasteiger partial charge in [0.05, 0.1) is 6.07 Å². The number of benzene rings is 1. The highest BCUT2D eigenvalue weighted by Gasteiger charge is 2.22. The van der Waals surface area contributed by atoms with Crippen LogP contribution < -0.4 is 5.32 Å². The van der Waals surface area contributed by atoms with Crippen LogP contribution in [0.25, 0.3) is 0 Å². The van der Waals surface area contributed by atoms with E-state index in [4.69, 9.17) is 5.26 Å². The van der Waals surface area contributed by atoms with Crippen molar-refractivity contribution in [3.05, 3.63) is 35.6 Å². The third-order valence-corrected chi connectivity index (χ3v) is 2.62. The largest absolute Gasteiger partial charge is 0.298 e. The lowest BCUT2D eigenvalue weighted by Gasteiger charge is -2.11. The summed E-state index contributed by atoms with van der Waals surface area (Å²) >= 11 is 0. The summed E-state index contributed by atoms with van der Waals surface area (Å²) < 4.78 is 12.9. The third-order valence-electron chi connectivity index (χ3n) is 2.62. The Labute approximate surface area is 88.7 Å². The van der Waals surface area contributed by atoms with Crippen molar-refractivity contribution in [2.45, 2.75) is 18.9 Å². The van der Waals surface area contributed by atoms with E-state index in [9.17, 15) is 4.39 Å². The summed E-state index contributed by atoms with van der Waals surface area (Å²) in [5.74, 6) is 0.426. The fourth-order valence-corrected chi connectivity index (χ4v) is 1.53. The highest BCUT2D eigenvalue weighted by molar-refractivity contribution is 5.24. The Balaban J connectivity index is 2.01. The van der Waals surface area contributed by atoms with Crippen LogP contribution in [0.2, 0.25) is 0 Å². The van der Waals surface area contributed by atoms with Crippen molar-refractivity contribution < 1.29 is 4.39 Å². The fourth-order valence-electron chi connectivity index (χ4n) is 1.53. The van der Waals surface area contributed by atoms with E-state index in [1.54, 1.807) is 12.1 Å². The molecule has 0 amide bonds. The third kappa shape index (κ3) is 2.77. The van der Waals surface area contributed by atoms with E-state index in [2.05, 4.69) is 11.4 Å². The summed E-state index contributed by atoms with van der Waals surface area (Å²) in [4.78, 5) is 0. The molecule has 0 radical (unpaired) electrons. The van der Waals surface area contributed by atoms with Gasteiger partial charge in [0, 0.05) is 0 Å². The van der Waals surface area contributed by atoms with Crippen LogP contribution in [-0.4, -0.2) is 6.54 Å². The summed E-state index contributed by atoms with van der Waals surface area (Å²) in [6.07, 6.45) is 2.49. The van der Waals surface area contributed by atoms with Crippen molar-refractivity contribution >= 4 is 0 Å². The minimum Gasteiger partial charge on any atom is -0.298 e. The van der Waals surface area contributed by atoms with Gasteiger partial charge in [0.2, 0.25) is 0 Å². The van der Waals surface area contributed by atoms with Crippen LogP contribution in [-0.2, 0) is 0 Å². The Kier molecular flexibility index (Phi) is 2.98. The van der Waals surface area contributed by atoms with Gasteiger partial charge in [0.25, 0.3) is 0 Å². The van der Waals surface area contributed by atoms with Gasteiger partial charge in [-0.15, -0.1) is 0 Å². The molecule has 1 aliphatic rings. The molecule has 3 heteroatoms. The summed E-state index contributed by atoms with van der Waals surface area (Å²) in [6.45, 7) is 0.856. The molecule has 1 unspecified atom stereocenters. The van der Waals surface area contributed by atoms with Crippen molar-refractivity contribution in [2.24, 2.45) is 5.92 Å². The van der Waals surface area contributed by atoms with Gasteiger partial charge in [-0.3, -0.25) is 5.32 Å². The van der Waals surface area contributed by atoms with Crippen molar-refractivity contribution in [2.75, 3.05) is 6.54 Å². The average Bonchev–Trinajstić information content (AvgIpc) is 3.03. The second-order valence-electron chi connectivity index (χ2n) is 3.97. The maximum absolute atomic E-state index is 12.9. The van der Waals surface area contributed by atoms with E-state index >= 15 is 0 Å². The predicted octanol–water partition coefficient (Wildman–Crippen LogP) is 2.39. The molecule has 1 saturated carbocycles. The molecule has 2 rings (SSSR count). The SMILES string of the molecule is N#CC(NCC1CC1)c1cccc(F)c1. The Morgan fingerprint density at radius 3 is 2.93 bits per heavy atom. The van der Waals surface area contributed by atoms with Gasteiger partial charge in [-0.2, -0.15) is 5.26 Å². The van der Waals surface area contributed by atoms with Gasteiger partial charge < -0.3 is 0 Å². The molecule has 0 aromatic heterocycles. The van der Waals surface area contributed by atoms with Crippen LogP contribution in [0.3, 0.4) is 0 Å². The highest BCUT2D eigenvalue weighted by Crippen LogP contribution is 2.28. The van der Waals surface area contributed by atoms with Gasteiger partial charge in [0.15, 0.2) is 0 Å². The molecule has 1 aliphatic carbocycles. The molecule has 0 aliphatic heterocycles. The number of hydrogen-bond acceptors (Lipinski definition) is 2. The molecule has 78 valence electrons.